The van der Waals surface area contributed by atoms with Gasteiger partial charge in [0, 0.05) is 30.5 Å². The third-order valence-electron chi connectivity index (χ3n) is 6.13. The zero-order valence-electron chi connectivity index (χ0n) is 19.2. The Kier molecular flexibility index (Phi) is 6.37. The third kappa shape index (κ3) is 5.65. The normalized spacial score (nSPS) is 19.4. The summed E-state index contributed by atoms with van der Waals surface area (Å²) in [5, 5.41) is 4.13. The van der Waals surface area contributed by atoms with Crippen molar-refractivity contribution < 1.29 is 22.7 Å². The first-order valence-corrected chi connectivity index (χ1v) is 11.3. The first-order chi connectivity index (χ1) is 15.5. The molecule has 4 rings (SSSR count). The number of amides is 1. The van der Waals surface area contributed by atoms with Crippen molar-refractivity contribution in [3.8, 4) is 11.8 Å². The lowest BCUT2D eigenvalue weighted by Gasteiger charge is -2.41. The van der Waals surface area contributed by atoms with E-state index in [1.165, 1.54) is 4.68 Å². The molecular formula is C23H30F3N5O2. The van der Waals surface area contributed by atoms with Crippen molar-refractivity contribution in [2.24, 2.45) is 11.3 Å². The highest BCUT2D eigenvalue weighted by Gasteiger charge is 2.38. The minimum absolute atomic E-state index is 0.0656. The first kappa shape index (κ1) is 23.5. The minimum atomic E-state index is -2.58. The summed E-state index contributed by atoms with van der Waals surface area (Å²) in [5.41, 5.74) is 0.478. The number of likely N-dealkylation sites (tertiary alicyclic amines) is 1. The molecule has 1 amide bonds. The monoisotopic (exact) mass is 465 g/mol. The van der Waals surface area contributed by atoms with E-state index in [-0.39, 0.29) is 42.4 Å². The number of nitrogens with zero attached hydrogens (tertiary/aromatic N) is 5. The van der Waals surface area contributed by atoms with Crippen LogP contribution in [0.5, 0.6) is 5.88 Å². The van der Waals surface area contributed by atoms with Crippen LogP contribution in [-0.4, -0.2) is 55.7 Å². The van der Waals surface area contributed by atoms with Crippen LogP contribution >= 0.6 is 0 Å². The second-order valence-corrected chi connectivity index (χ2v) is 10.1. The molecule has 2 aromatic rings. The van der Waals surface area contributed by atoms with Gasteiger partial charge in [-0.25, -0.2) is 22.8 Å². The number of carbonyl (C=O) groups is 1. The van der Waals surface area contributed by atoms with Crippen LogP contribution in [0.4, 0.5) is 13.2 Å². The Labute approximate surface area is 191 Å². The van der Waals surface area contributed by atoms with E-state index < -0.39 is 18.0 Å². The molecule has 7 nitrogen and oxygen atoms in total. The van der Waals surface area contributed by atoms with Gasteiger partial charge in [0.05, 0.1) is 24.5 Å². The summed E-state index contributed by atoms with van der Waals surface area (Å²) in [5.74, 6) is -1.84. The van der Waals surface area contributed by atoms with E-state index in [1.54, 1.807) is 23.2 Å². The second kappa shape index (κ2) is 8.95. The van der Waals surface area contributed by atoms with E-state index in [9.17, 15) is 18.0 Å². The number of halogens is 3. The van der Waals surface area contributed by atoms with Gasteiger partial charge < -0.3 is 9.64 Å². The summed E-state index contributed by atoms with van der Waals surface area (Å²) >= 11 is 0. The van der Waals surface area contributed by atoms with Crippen molar-refractivity contribution in [1.29, 1.82) is 0 Å². The Morgan fingerprint density at radius 2 is 1.88 bits per heavy atom. The fourth-order valence-corrected chi connectivity index (χ4v) is 4.19. The van der Waals surface area contributed by atoms with Gasteiger partial charge in [0.1, 0.15) is 12.8 Å². The van der Waals surface area contributed by atoms with Crippen LogP contribution in [0.3, 0.4) is 0 Å². The molecule has 0 N–H and O–H groups in total. The molecule has 0 aromatic carbocycles. The van der Waals surface area contributed by atoms with Crippen LogP contribution in [0.1, 0.15) is 57.8 Å². The van der Waals surface area contributed by atoms with Gasteiger partial charge in [-0.05, 0) is 31.2 Å². The highest BCUT2D eigenvalue weighted by Crippen LogP contribution is 2.37. The summed E-state index contributed by atoms with van der Waals surface area (Å²) in [4.78, 5) is 23.1. The van der Waals surface area contributed by atoms with Gasteiger partial charge in [0.25, 0.3) is 5.95 Å². The first-order valence-electron chi connectivity index (χ1n) is 11.3. The second-order valence-electron chi connectivity index (χ2n) is 10.1. The highest BCUT2D eigenvalue weighted by molar-refractivity contribution is 5.82. The third-order valence-corrected chi connectivity index (χ3v) is 6.13. The van der Waals surface area contributed by atoms with Crippen molar-refractivity contribution in [2.75, 3.05) is 13.1 Å². The zero-order valence-corrected chi connectivity index (χ0v) is 19.2. The van der Waals surface area contributed by atoms with Crippen LogP contribution in [0.25, 0.3) is 5.95 Å². The lowest BCUT2D eigenvalue weighted by Crippen LogP contribution is -2.58. The Balaban J connectivity index is 1.49. The minimum Gasteiger partial charge on any atom is -0.470 e. The number of hydrogen-bond acceptors (Lipinski definition) is 5. The lowest BCUT2D eigenvalue weighted by atomic mass is 9.84. The van der Waals surface area contributed by atoms with Crippen LogP contribution in [0, 0.1) is 11.3 Å². The van der Waals surface area contributed by atoms with E-state index in [4.69, 9.17) is 4.74 Å². The van der Waals surface area contributed by atoms with E-state index in [0.717, 1.165) is 0 Å². The Hall–Kier alpha value is -2.65. The predicted octanol–water partition coefficient (Wildman–Crippen LogP) is 4.14. The average molecular weight is 466 g/mol. The molecule has 1 aliphatic heterocycles. The number of carbonyl (C=O) groups excluding carboxylic acids is 1. The van der Waals surface area contributed by atoms with E-state index in [0.29, 0.717) is 43.9 Å². The predicted molar refractivity (Wildman–Crippen MR) is 115 cm³/mol. The van der Waals surface area contributed by atoms with Gasteiger partial charge in [-0.3, -0.25) is 4.79 Å². The smallest absolute Gasteiger partial charge is 0.254 e. The molecule has 1 aliphatic carbocycles. The molecule has 0 bridgehead atoms. The number of alkyl halides is 3. The number of rotatable bonds is 6. The van der Waals surface area contributed by atoms with Crippen molar-refractivity contribution in [3.63, 3.8) is 0 Å². The molecule has 0 spiro atoms. The zero-order chi connectivity index (χ0) is 23.8. The molecule has 3 heterocycles. The quantitative estimate of drug-likeness (QED) is 0.641. The van der Waals surface area contributed by atoms with Crippen molar-refractivity contribution in [2.45, 2.75) is 71.6 Å². The van der Waals surface area contributed by atoms with Gasteiger partial charge in [-0.15, -0.1) is 0 Å². The van der Waals surface area contributed by atoms with Gasteiger partial charge >= 0.3 is 0 Å². The van der Waals surface area contributed by atoms with Gasteiger partial charge in [-0.1, -0.05) is 20.8 Å². The van der Waals surface area contributed by atoms with Crippen LogP contribution in [0.2, 0.25) is 0 Å². The summed E-state index contributed by atoms with van der Waals surface area (Å²) < 4.78 is 47.4. The molecule has 0 unspecified atom stereocenters. The summed E-state index contributed by atoms with van der Waals surface area (Å²) in [6.45, 7) is 5.87. The molecule has 1 saturated heterocycles. The molecule has 2 aromatic heterocycles. The fourth-order valence-electron chi connectivity index (χ4n) is 4.19. The fraction of sp³-hybridized carbons (Fsp3) is 0.652. The molecule has 0 radical (unpaired) electrons. The summed E-state index contributed by atoms with van der Waals surface area (Å²) in [6.07, 6.45) is 2.55. The van der Waals surface area contributed by atoms with Crippen molar-refractivity contribution >= 4 is 5.91 Å². The Bertz CT molecular complexity index is 988. The molecule has 33 heavy (non-hydrogen) atoms. The van der Waals surface area contributed by atoms with E-state index in [1.807, 2.05) is 20.8 Å². The van der Waals surface area contributed by atoms with Crippen LogP contribution in [-0.2, 0) is 17.9 Å². The van der Waals surface area contributed by atoms with Gasteiger partial charge in [-0.2, -0.15) is 10.1 Å². The maximum atomic E-state index is 13.5. The highest BCUT2D eigenvalue weighted by atomic mass is 19.3. The van der Waals surface area contributed by atoms with Crippen molar-refractivity contribution in [3.05, 3.63) is 29.7 Å². The van der Waals surface area contributed by atoms with Gasteiger partial charge in [0.15, 0.2) is 0 Å². The average Bonchev–Trinajstić information content (AvgIpc) is 3.20. The standard InChI is InChI=1S/C23H30F3N5O2/c1-22(2,3)20(32)30-13-18(14-30)33-19-11-17(10-15-4-7-23(25,26)8-5-15)27-21(28-19)31-9-6-16(12-24)29-31/h6,9,11,15,18H,4-5,7-8,10,12-14H2,1-3H3. The number of aromatic nitrogens is 4. The summed E-state index contributed by atoms with van der Waals surface area (Å²) in [6, 6.07) is 3.27. The molecular weight excluding hydrogens is 435 g/mol. The molecule has 2 fully saturated rings. The Morgan fingerprint density at radius 1 is 1.18 bits per heavy atom. The van der Waals surface area contributed by atoms with Crippen LogP contribution < -0.4 is 4.74 Å². The maximum Gasteiger partial charge on any atom is 0.254 e. The number of ether oxygens (including phenoxy) is 1. The van der Waals surface area contributed by atoms with Gasteiger partial charge in [0.2, 0.25) is 17.7 Å². The maximum absolute atomic E-state index is 13.5. The number of hydrogen-bond donors (Lipinski definition) is 0. The molecule has 10 heteroatoms. The SMILES string of the molecule is CC(C)(C)C(=O)N1CC(Oc2cc(CC3CCC(F)(F)CC3)nc(-n3ccc(CF)n3)n2)C1. The van der Waals surface area contributed by atoms with Crippen LogP contribution in [0.15, 0.2) is 18.3 Å². The molecule has 1 saturated carbocycles. The van der Waals surface area contributed by atoms with E-state index >= 15 is 0 Å². The van der Waals surface area contributed by atoms with E-state index in [2.05, 4.69) is 15.1 Å². The summed E-state index contributed by atoms with van der Waals surface area (Å²) in [7, 11) is 0. The Morgan fingerprint density at radius 3 is 2.48 bits per heavy atom. The lowest BCUT2D eigenvalue weighted by molar-refractivity contribution is -0.148. The molecule has 180 valence electrons. The topological polar surface area (TPSA) is 73.1 Å². The van der Waals surface area contributed by atoms with Crippen molar-refractivity contribution in [1.82, 2.24) is 24.6 Å². The molecule has 2 aliphatic rings. The molecule has 0 atom stereocenters. The largest absolute Gasteiger partial charge is 0.470 e.